The van der Waals surface area contributed by atoms with Crippen molar-refractivity contribution >= 4 is 12.0 Å². The third-order valence-electron chi connectivity index (χ3n) is 5.73. The summed E-state index contributed by atoms with van der Waals surface area (Å²) in [4.78, 5) is 20.2. The van der Waals surface area contributed by atoms with Crippen molar-refractivity contribution in [2.75, 3.05) is 0 Å². The van der Waals surface area contributed by atoms with Gasteiger partial charge in [-0.15, -0.1) is 0 Å². The number of pyridine rings is 2. The van der Waals surface area contributed by atoms with Crippen LogP contribution in [0.15, 0.2) is 66.5 Å². The van der Waals surface area contributed by atoms with E-state index in [9.17, 15) is 18.0 Å². The number of nitrogens with one attached hydrogen (secondary N) is 1. The molecule has 9 heteroatoms. The smallest absolute Gasteiger partial charge is 0.417 e. The van der Waals surface area contributed by atoms with Crippen molar-refractivity contribution in [1.82, 2.24) is 15.3 Å². The molecule has 2 N–H and O–H groups in total. The Morgan fingerprint density at radius 1 is 1.09 bits per heavy atom. The van der Waals surface area contributed by atoms with Gasteiger partial charge in [-0.2, -0.15) is 13.2 Å². The summed E-state index contributed by atoms with van der Waals surface area (Å²) in [6.07, 6.45) is 3.13. The Morgan fingerprint density at radius 2 is 1.89 bits per heavy atom. The van der Waals surface area contributed by atoms with Crippen LogP contribution in [0.2, 0.25) is 0 Å². The molecule has 0 atom stereocenters. The van der Waals surface area contributed by atoms with E-state index in [4.69, 9.17) is 9.84 Å². The Morgan fingerprint density at radius 3 is 2.51 bits per heavy atom. The first-order valence-corrected chi connectivity index (χ1v) is 11.2. The van der Waals surface area contributed by atoms with Gasteiger partial charge in [-0.1, -0.05) is 23.8 Å². The standard InChI is InChI=1S/C26H24F3N3O3/c27-26(28,29)20-7-11-24(31-15-20)35-23-3-1-2-18(13-23)12-17-4-8-21(9-5-17)32-25(34)19-6-10-22(16-33)30-14-19/h1-3,6-7,10-15,21,33H,4-5,8-9,16H2,(H,32,34). The first kappa shape index (κ1) is 24.4. The lowest BCUT2D eigenvalue weighted by Crippen LogP contribution is -2.36. The number of aliphatic hydroxyl groups is 1. The first-order valence-electron chi connectivity index (χ1n) is 11.2. The lowest BCUT2D eigenvalue weighted by Gasteiger charge is -2.25. The molecule has 2 aromatic heterocycles. The van der Waals surface area contributed by atoms with Gasteiger partial charge in [-0.05, 0) is 61.6 Å². The highest BCUT2D eigenvalue weighted by Gasteiger charge is 2.30. The van der Waals surface area contributed by atoms with Crippen LogP contribution in [0.3, 0.4) is 0 Å². The Labute approximate surface area is 200 Å². The lowest BCUT2D eigenvalue weighted by molar-refractivity contribution is -0.137. The van der Waals surface area contributed by atoms with E-state index in [1.165, 1.54) is 17.8 Å². The molecule has 0 saturated heterocycles. The molecular weight excluding hydrogens is 459 g/mol. The molecule has 4 rings (SSSR count). The van der Waals surface area contributed by atoms with Gasteiger partial charge < -0.3 is 15.2 Å². The van der Waals surface area contributed by atoms with Gasteiger partial charge >= 0.3 is 6.18 Å². The molecule has 0 spiro atoms. The number of rotatable bonds is 6. The van der Waals surface area contributed by atoms with Gasteiger partial charge in [0.1, 0.15) is 5.75 Å². The monoisotopic (exact) mass is 483 g/mol. The third-order valence-corrected chi connectivity index (χ3v) is 5.73. The summed E-state index contributed by atoms with van der Waals surface area (Å²) in [5.74, 6) is 0.384. The summed E-state index contributed by atoms with van der Waals surface area (Å²) >= 11 is 0. The van der Waals surface area contributed by atoms with E-state index in [0.29, 0.717) is 17.0 Å². The molecule has 1 aliphatic rings. The highest BCUT2D eigenvalue weighted by atomic mass is 19.4. The van der Waals surface area contributed by atoms with Crippen LogP contribution < -0.4 is 10.1 Å². The second-order valence-electron chi connectivity index (χ2n) is 8.30. The Hall–Kier alpha value is -3.72. The van der Waals surface area contributed by atoms with Crippen molar-refractivity contribution in [2.24, 2.45) is 0 Å². The van der Waals surface area contributed by atoms with E-state index >= 15 is 0 Å². The fraction of sp³-hybridized carbons (Fsp3) is 0.269. The molecule has 182 valence electrons. The number of carbonyl (C=O) groups is 1. The van der Waals surface area contributed by atoms with Crippen molar-refractivity contribution in [2.45, 2.75) is 44.5 Å². The largest absolute Gasteiger partial charge is 0.439 e. The van der Waals surface area contributed by atoms with E-state index in [-0.39, 0.29) is 24.4 Å². The fourth-order valence-corrected chi connectivity index (χ4v) is 3.83. The summed E-state index contributed by atoms with van der Waals surface area (Å²) in [6.45, 7) is -0.166. The Balaban J connectivity index is 1.32. The Bertz CT molecular complexity index is 1180. The molecule has 1 saturated carbocycles. The lowest BCUT2D eigenvalue weighted by atomic mass is 9.89. The first-order chi connectivity index (χ1) is 16.8. The molecule has 1 aromatic carbocycles. The second-order valence-corrected chi connectivity index (χ2v) is 8.30. The summed E-state index contributed by atoms with van der Waals surface area (Å²) in [5.41, 5.74) is 2.31. The molecule has 1 fully saturated rings. The SMILES string of the molecule is O=C(NC1CCC(=Cc2cccc(Oc3ccc(C(F)(F)F)cn3)c2)CC1)c1ccc(CO)nc1. The highest BCUT2D eigenvalue weighted by molar-refractivity contribution is 5.94. The molecule has 1 aliphatic carbocycles. The molecule has 6 nitrogen and oxygen atoms in total. The minimum atomic E-state index is -4.44. The van der Waals surface area contributed by atoms with Gasteiger partial charge in [0.15, 0.2) is 0 Å². The zero-order valence-electron chi connectivity index (χ0n) is 18.8. The normalized spacial score (nSPS) is 16.0. The molecule has 0 aliphatic heterocycles. The van der Waals surface area contributed by atoms with Crippen LogP contribution in [0.4, 0.5) is 13.2 Å². The second kappa shape index (κ2) is 10.7. The average molecular weight is 483 g/mol. The molecular formula is C26H24F3N3O3. The number of allylic oxidation sites excluding steroid dienone is 1. The maximum atomic E-state index is 12.7. The zero-order valence-corrected chi connectivity index (χ0v) is 18.8. The summed E-state index contributed by atoms with van der Waals surface area (Å²) in [5, 5.41) is 12.1. The van der Waals surface area contributed by atoms with E-state index in [1.54, 1.807) is 18.2 Å². The van der Waals surface area contributed by atoms with Gasteiger partial charge in [0.05, 0.1) is 23.4 Å². The summed E-state index contributed by atoms with van der Waals surface area (Å²) in [7, 11) is 0. The predicted octanol–water partition coefficient (Wildman–Crippen LogP) is 5.54. The number of hydrogen-bond donors (Lipinski definition) is 2. The van der Waals surface area contributed by atoms with Crippen LogP contribution in [0.25, 0.3) is 6.08 Å². The van der Waals surface area contributed by atoms with Gasteiger partial charge in [-0.3, -0.25) is 9.78 Å². The van der Waals surface area contributed by atoms with Crippen molar-refractivity contribution in [3.63, 3.8) is 0 Å². The van der Waals surface area contributed by atoms with E-state index in [1.807, 2.05) is 18.2 Å². The van der Waals surface area contributed by atoms with Crippen LogP contribution in [0.5, 0.6) is 11.6 Å². The number of aliphatic hydroxyl groups excluding tert-OH is 1. The number of alkyl halides is 3. The molecule has 2 heterocycles. The number of benzene rings is 1. The van der Waals surface area contributed by atoms with Gasteiger partial charge in [0, 0.05) is 24.5 Å². The number of halogens is 3. The Kier molecular flexibility index (Phi) is 7.45. The maximum Gasteiger partial charge on any atom is 0.417 e. The van der Waals surface area contributed by atoms with Crippen molar-refractivity contribution in [3.05, 3.63) is 88.9 Å². The number of amides is 1. The fourth-order valence-electron chi connectivity index (χ4n) is 3.83. The van der Waals surface area contributed by atoms with Crippen molar-refractivity contribution < 1.29 is 27.8 Å². The third kappa shape index (κ3) is 6.66. The van der Waals surface area contributed by atoms with Crippen LogP contribution in [0, 0.1) is 0 Å². The summed E-state index contributed by atoms with van der Waals surface area (Å²) in [6, 6.07) is 12.7. The molecule has 0 radical (unpaired) electrons. The van der Waals surface area contributed by atoms with Gasteiger partial charge in [0.2, 0.25) is 5.88 Å². The van der Waals surface area contributed by atoms with Crippen LogP contribution in [-0.4, -0.2) is 27.0 Å². The van der Waals surface area contributed by atoms with Crippen LogP contribution in [0.1, 0.15) is 52.9 Å². The van der Waals surface area contributed by atoms with Gasteiger partial charge in [0.25, 0.3) is 5.91 Å². The topological polar surface area (TPSA) is 84.3 Å². The minimum absolute atomic E-state index is 0.0672. The van der Waals surface area contributed by atoms with E-state index in [2.05, 4.69) is 21.4 Å². The predicted molar refractivity (Wildman–Crippen MR) is 124 cm³/mol. The zero-order chi connectivity index (χ0) is 24.8. The summed E-state index contributed by atoms with van der Waals surface area (Å²) < 4.78 is 43.7. The maximum absolute atomic E-state index is 12.7. The number of hydrogen-bond acceptors (Lipinski definition) is 5. The molecule has 35 heavy (non-hydrogen) atoms. The average Bonchev–Trinajstić information content (AvgIpc) is 2.85. The van der Waals surface area contributed by atoms with Crippen molar-refractivity contribution in [3.8, 4) is 11.6 Å². The van der Waals surface area contributed by atoms with Crippen LogP contribution in [-0.2, 0) is 12.8 Å². The minimum Gasteiger partial charge on any atom is -0.439 e. The quantitative estimate of drug-likeness (QED) is 0.481. The van der Waals surface area contributed by atoms with Gasteiger partial charge in [-0.25, -0.2) is 4.98 Å². The number of aromatic nitrogens is 2. The molecule has 0 unspecified atom stereocenters. The number of ether oxygens (including phenoxy) is 1. The molecule has 0 bridgehead atoms. The molecule has 3 aromatic rings. The molecule has 1 amide bonds. The number of carbonyl (C=O) groups excluding carboxylic acids is 1. The highest BCUT2D eigenvalue weighted by Crippen LogP contribution is 2.31. The van der Waals surface area contributed by atoms with E-state index < -0.39 is 11.7 Å². The van der Waals surface area contributed by atoms with E-state index in [0.717, 1.165) is 43.5 Å². The van der Waals surface area contributed by atoms with Crippen LogP contribution >= 0.6 is 0 Å². The number of nitrogens with zero attached hydrogens (tertiary/aromatic N) is 2. The van der Waals surface area contributed by atoms with Crippen molar-refractivity contribution in [1.29, 1.82) is 0 Å².